The molecular formula is C19H28ClN3O3. The standard InChI is InChI=1S/C19H28ClN3O3/c1-14(2)12-16(19(25)26-3)21-18(24)13-22-8-10-23(11-9-22)17-7-5-4-6-15(17)20/h4-7,14,16H,8-13H2,1-3H3,(H,21,24)/t16-/m0/s1. The van der Waals surface area contributed by atoms with Crippen LogP contribution in [0.15, 0.2) is 24.3 Å². The molecule has 1 amide bonds. The maximum absolute atomic E-state index is 12.3. The number of carbonyl (C=O) groups is 2. The third-order valence-electron chi connectivity index (χ3n) is 4.46. The SMILES string of the molecule is COC(=O)[C@H](CC(C)C)NC(=O)CN1CCN(c2ccccc2Cl)CC1. The fourth-order valence-corrected chi connectivity index (χ4v) is 3.38. The molecule has 7 heteroatoms. The number of halogens is 1. The van der Waals surface area contributed by atoms with Gasteiger partial charge in [0.15, 0.2) is 0 Å². The van der Waals surface area contributed by atoms with Gasteiger partial charge in [0.05, 0.1) is 24.4 Å². The van der Waals surface area contributed by atoms with Gasteiger partial charge in [0, 0.05) is 26.2 Å². The molecule has 0 aliphatic carbocycles. The summed E-state index contributed by atoms with van der Waals surface area (Å²) in [7, 11) is 1.34. The van der Waals surface area contributed by atoms with Crippen molar-refractivity contribution in [3.8, 4) is 0 Å². The quantitative estimate of drug-likeness (QED) is 0.733. The summed E-state index contributed by atoms with van der Waals surface area (Å²) in [4.78, 5) is 28.5. The van der Waals surface area contributed by atoms with Gasteiger partial charge in [-0.15, -0.1) is 0 Å². The monoisotopic (exact) mass is 381 g/mol. The lowest BCUT2D eigenvalue weighted by Gasteiger charge is -2.36. The molecule has 0 aromatic heterocycles. The number of para-hydroxylation sites is 1. The molecular weight excluding hydrogens is 354 g/mol. The van der Waals surface area contributed by atoms with Crippen LogP contribution in [-0.2, 0) is 14.3 Å². The normalized spacial score (nSPS) is 16.4. The fraction of sp³-hybridized carbons (Fsp3) is 0.579. The second kappa shape index (κ2) is 9.78. The molecule has 1 fully saturated rings. The van der Waals surface area contributed by atoms with Crippen molar-refractivity contribution in [2.75, 3.05) is 44.7 Å². The predicted molar refractivity (Wildman–Crippen MR) is 104 cm³/mol. The van der Waals surface area contributed by atoms with Gasteiger partial charge in [0.25, 0.3) is 0 Å². The van der Waals surface area contributed by atoms with Gasteiger partial charge in [-0.3, -0.25) is 9.69 Å². The molecule has 0 unspecified atom stereocenters. The lowest BCUT2D eigenvalue weighted by Crippen LogP contribution is -2.51. The zero-order valence-corrected chi connectivity index (χ0v) is 16.5. The van der Waals surface area contributed by atoms with Crippen LogP contribution in [0.2, 0.25) is 5.02 Å². The molecule has 1 aromatic carbocycles. The largest absolute Gasteiger partial charge is 0.467 e. The smallest absolute Gasteiger partial charge is 0.328 e. The third-order valence-corrected chi connectivity index (χ3v) is 4.78. The summed E-state index contributed by atoms with van der Waals surface area (Å²) in [6.07, 6.45) is 0.568. The number of ether oxygens (including phenoxy) is 1. The number of esters is 1. The summed E-state index contributed by atoms with van der Waals surface area (Å²) >= 11 is 6.26. The third kappa shape index (κ3) is 5.88. The maximum atomic E-state index is 12.3. The van der Waals surface area contributed by atoms with E-state index < -0.39 is 12.0 Å². The van der Waals surface area contributed by atoms with Crippen LogP contribution in [0, 0.1) is 5.92 Å². The number of carbonyl (C=O) groups excluding carboxylic acids is 2. The van der Waals surface area contributed by atoms with Crippen molar-refractivity contribution in [2.24, 2.45) is 5.92 Å². The molecule has 1 N–H and O–H groups in total. The van der Waals surface area contributed by atoms with Gasteiger partial charge in [-0.2, -0.15) is 0 Å². The minimum absolute atomic E-state index is 0.146. The molecule has 1 aromatic rings. The van der Waals surface area contributed by atoms with Crippen LogP contribution in [0.4, 0.5) is 5.69 Å². The fourth-order valence-electron chi connectivity index (χ4n) is 3.13. The number of rotatable bonds is 7. The summed E-state index contributed by atoms with van der Waals surface area (Å²) in [6.45, 7) is 7.46. The van der Waals surface area contributed by atoms with E-state index in [0.717, 1.165) is 36.9 Å². The summed E-state index contributed by atoms with van der Waals surface area (Å²) in [5.41, 5.74) is 1.03. The van der Waals surface area contributed by atoms with Crippen molar-refractivity contribution in [3.05, 3.63) is 29.3 Å². The number of hydrogen-bond acceptors (Lipinski definition) is 5. The average molecular weight is 382 g/mol. The van der Waals surface area contributed by atoms with E-state index in [0.29, 0.717) is 12.3 Å². The highest BCUT2D eigenvalue weighted by molar-refractivity contribution is 6.33. The van der Waals surface area contributed by atoms with Gasteiger partial charge < -0.3 is 15.0 Å². The number of piperazine rings is 1. The molecule has 1 aliphatic rings. The van der Waals surface area contributed by atoms with Gasteiger partial charge >= 0.3 is 5.97 Å². The zero-order valence-electron chi connectivity index (χ0n) is 15.7. The molecule has 144 valence electrons. The van der Waals surface area contributed by atoms with E-state index in [2.05, 4.69) is 15.1 Å². The van der Waals surface area contributed by atoms with E-state index in [1.165, 1.54) is 7.11 Å². The zero-order chi connectivity index (χ0) is 19.1. The van der Waals surface area contributed by atoms with Crippen molar-refractivity contribution in [1.82, 2.24) is 10.2 Å². The minimum atomic E-state index is -0.586. The molecule has 1 aliphatic heterocycles. The second-order valence-electron chi connectivity index (χ2n) is 6.99. The highest BCUT2D eigenvalue weighted by Gasteiger charge is 2.25. The molecule has 1 atom stereocenters. The summed E-state index contributed by atoms with van der Waals surface area (Å²) < 4.78 is 4.79. The molecule has 6 nitrogen and oxygen atoms in total. The Morgan fingerprint density at radius 3 is 2.42 bits per heavy atom. The van der Waals surface area contributed by atoms with Crippen molar-refractivity contribution in [3.63, 3.8) is 0 Å². The van der Waals surface area contributed by atoms with Crippen molar-refractivity contribution in [2.45, 2.75) is 26.3 Å². The summed E-state index contributed by atoms with van der Waals surface area (Å²) in [5, 5.41) is 3.55. The molecule has 26 heavy (non-hydrogen) atoms. The molecule has 0 bridgehead atoms. The molecule has 0 saturated carbocycles. The van der Waals surface area contributed by atoms with E-state index in [4.69, 9.17) is 16.3 Å². The second-order valence-corrected chi connectivity index (χ2v) is 7.39. The van der Waals surface area contributed by atoms with Crippen LogP contribution >= 0.6 is 11.6 Å². The summed E-state index contributed by atoms with van der Waals surface area (Å²) in [6, 6.07) is 7.21. The van der Waals surface area contributed by atoms with Gasteiger partial charge in [0.1, 0.15) is 6.04 Å². The van der Waals surface area contributed by atoms with E-state index in [-0.39, 0.29) is 12.5 Å². The number of amides is 1. The van der Waals surface area contributed by atoms with Crippen molar-refractivity contribution < 1.29 is 14.3 Å². The van der Waals surface area contributed by atoms with E-state index in [1.54, 1.807) is 0 Å². The lowest BCUT2D eigenvalue weighted by molar-refractivity contribution is -0.145. The maximum Gasteiger partial charge on any atom is 0.328 e. The van der Waals surface area contributed by atoms with Gasteiger partial charge in [-0.05, 0) is 24.5 Å². The van der Waals surface area contributed by atoms with Gasteiger partial charge in [0.2, 0.25) is 5.91 Å². The Kier molecular flexibility index (Phi) is 7.72. The number of hydrogen-bond donors (Lipinski definition) is 1. The molecule has 0 radical (unpaired) electrons. The van der Waals surface area contributed by atoms with Gasteiger partial charge in [-0.25, -0.2) is 4.79 Å². The van der Waals surface area contributed by atoms with Crippen LogP contribution in [-0.4, -0.2) is 62.7 Å². The molecule has 1 heterocycles. The Labute approximate surface area is 160 Å². The molecule has 2 rings (SSSR count). The Hall–Kier alpha value is -1.79. The number of benzene rings is 1. The van der Waals surface area contributed by atoms with Crippen LogP contribution in [0.25, 0.3) is 0 Å². The van der Waals surface area contributed by atoms with E-state index >= 15 is 0 Å². The Balaban J connectivity index is 1.83. The van der Waals surface area contributed by atoms with Crippen molar-refractivity contribution in [1.29, 1.82) is 0 Å². The van der Waals surface area contributed by atoms with Crippen LogP contribution in [0.5, 0.6) is 0 Å². The Bertz CT molecular complexity index is 616. The lowest BCUT2D eigenvalue weighted by atomic mass is 10.0. The first-order valence-electron chi connectivity index (χ1n) is 8.99. The highest BCUT2D eigenvalue weighted by atomic mass is 35.5. The predicted octanol–water partition coefficient (Wildman–Crippen LogP) is 2.17. The first kappa shape index (κ1) is 20.5. The van der Waals surface area contributed by atoms with Crippen LogP contribution < -0.4 is 10.2 Å². The average Bonchev–Trinajstić information content (AvgIpc) is 2.61. The van der Waals surface area contributed by atoms with Crippen LogP contribution in [0.3, 0.4) is 0 Å². The highest BCUT2D eigenvalue weighted by Crippen LogP contribution is 2.25. The van der Waals surface area contributed by atoms with Crippen molar-refractivity contribution >= 4 is 29.2 Å². The number of nitrogens with one attached hydrogen (secondary N) is 1. The van der Waals surface area contributed by atoms with Crippen LogP contribution in [0.1, 0.15) is 20.3 Å². The molecule has 0 spiro atoms. The van der Waals surface area contributed by atoms with Gasteiger partial charge in [-0.1, -0.05) is 37.6 Å². The minimum Gasteiger partial charge on any atom is -0.467 e. The number of nitrogens with zero attached hydrogens (tertiary/aromatic N) is 2. The number of methoxy groups -OCH3 is 1. The Morgan fingerprint density at radius 2 is 1.85 bits per heavy atom. The van der Waals surface area contributed by atoms with E-state index in [9.17, 15) is 9.59 Å². The first-order chi connectivity index (χ1) is 12.4. The summed E-state index contributed by atoms with van der Waals surface area (Å²) in [5.74, 6) is -0.249. The number of anilines is 1. The first-order valence-corrected chi connectivity index (χ1v) is 9.37. The Morgan fingerprint density at radius 1 is 1.19 bits per heavy atom. The molecule has 1 saturated heterocycles. The van der Waals surface area contributed by atoms with E-state index in [1.807, 2.05) is 38.1 Å². The topological polar surface area (TPSA) is 61.9 Å².